The maximum Gasteiger partial charge on any atom is 0.261 e. The number of carbonyl (C=O) groups is 1. The lowest BCUT2D eigenvalue weighted by Crippen LogP contribution is -2.24. The normalized spacial score (nSPS) is 11.5. The van der Waals surface area contributed by atoms with Crippen LogP contribution in [0.4, 0.5) is 0 Å². The van der Waals surface area contributed by atoms with Crippen molar-refractivity contribution >= 4 is 67.0 Å². The molecule has 0 unspecified atom stereocenters. The van der Waals surface area contributed by atoms with Crippen molar-refractivity contribution in [3.63, 3.8) is 0 Å². The zero-order chi connectivity index (χ0) is 15.6. The molecule has 23 heavy (non-hydrogen) atoms. The van der Waals surface area contributed by atoms with Crippen LogP contribution in [0.5, 0.6) is 0 Å². The summed E-state index contributed by atoms with van der Waals surface area (Å²) < 4.78 is 2.03. The number of fused-ring (bicyclic) bond motifs is 3. The summed E-state index contributed by atoms with van der Waals surface area (Å²) in [5.74, 6) is 1.92. The number of carbonyl (C=O) groups excluding carboxylic acids is 1. The monoisotopic (exact) mass is 379 g/mol. The second-order valence-corrected chi connectivity index (χ2v) is 8.90. The Bertz CT molecular complexity index is 935. The number of thioether (sulfide) groups is 1. The quantitative estimate of drug-likeness (QED) is 0.507. The van der Waals surface area contributed by atoms with Gasteiger partial charge in [0.2, 0.25) is 0 Å². The summed E-state index contributed by atoms with van der Waals surface area (Å²) >= 11 is 6.68. The Kier molecular flexibility index (Phi) is 4.39. The highest BCUT2D eigenvalue weighted by atomic mass is 32.2. The third kappa shape index (κ3) is 3.16. The molecule has 4 heterocycles. The first-order chi connectivity index (χ1) is 11.3. The third-order valence-electron chi connectivity index (χ3n) is 3.32. The van der Waals surface area contributed by atoms with E-state index in [2.05, 4.69) is 27.8 Å². The van der Waals surface area contributed by atoms with Gasteiger partial charge in [0, 0.05) is 34.5 Å². The molecule has 4 rings (SSSR count). The van der Waals surface area contributed by atoms with E-state index in [-0.39, 0.29) is 5.91 Å². The predicted molar refractivity (Wildman–Crippen MR) is 101 cm³/mol. The standard InChI is InChI=1S/C15H13N3OS4/c19-13(16-3-6-20-9-10-2-1-5-21-10)12-8-11-14(23-12)17-15-18(11)4-7-22-15/h1-2,4-5,7-8H,3,6,9H2,(H,16,19). The number of hydrogen-bond acceptors (Lipinski definition) is 6. The Morgan fingerprint density at radius 2 is 2.30 bits per heavy atom. The lowest BCUT2D eigenvalue weighted by Gasteiger charge is -2.02. The fourth-order valence-corrected chi connectivity index (χ4v) is 5.67. The zero-order valence-electron chi connectivity index (χ0n) is 12.0. The average molecular weight is 380 g/mol. The summed E-state index contributed by atoms with van der Waals surface area (Å²) in [4.78, 5) is 20.8. The van der Waals surface area contributed by atoms with Crippen LogP contribution in [0.3, 0.4) is 0 Å². The molecule has 0 aliphatic rings. The number of amides is 1. The van der Waals surface area contributed by atoms with E-state index in [4.69, 9.17) is 0 Å². The van der Waals surface area contributed by atoms with E-state index in [1.807, 2.05) is 33.8 Å². The van der Waals surface area contributed by atoms with Gasteiger partial charge in [0.25, 0.3) is 5.91 Å². The molecule has 0 aromatic carbocycles. The van der Waals surface area contributed by atoms with E-state index >= 15 is 0 Å². The summed E-state index contributed by atoms with van der Waals surface area (Å²) in [6, 6.07) is 6.14. The van der Waals surface area contributed by atoms with Crippen LogP contribution < -0.4 is 5.32 Å². The highest BCUT2D eigenvalue weighted by Gasteiger charge is 2.14. The number of hydrogen-bond donors (Lipinski definition) is 1. The van der Waals surface area contributed by atoms with Crippen LogP contribution in [-0.2, 0) is 5.75 Å². The van der Waals surface area contributed by atoms with Crippen molar-refractivity contribution in [1.82, 2.24) is 14.7 Å². The molecule has 8 heteroatoms. The molecule has 0 aliphatic carbocycles. The van der Waals surface area contributed by atoms with E-state index < -0.39 is 0 Å². The molecule has 118 valence electrons. The molecule has 0 atom stereocenters. The molecule has 4 aromatic rings. The van der Waals surface area contributed by atoms with Gasteiger partial charge < -0.3 is 5.32 Å². The molecule has 1 N–H and O–H groups in total. The second kappa shape index (κ2) is 6.64. The SMILES string of the molecule is O=C(NCCSCc1cccs1)c1cc2c(nc3sccn32)s1. The predicted octanol–water partition coefficient (Wildman–Crippen LogP) is 4.34. The molecular weight excluding hydrogens is 366 g/mol. The molecule has 1 amide bonds. The van der Waals surface area contributed by atoms with Gasteiger partial charge in [-0.3, -0.25) is 9.20 Å². The number of imidazole rings is 1. The third-order valence-corrected chi connectivity index (χ3v) is 7.16. The Morgan fingerprint density at radius 1 is 1.35 bits per heavy atom. The van der Waals surface area contributed by atoms with Crippen LogP contribution in [0.1, 0.15) is 14.5 Å². The molecule has 0 bridgehead atoms. The first kappa shape index (κ1) is 15.2. The number of thiazole rings is 1. The molecule has 0 spiro atoms. The van der Waals surface area contributed by atoms with Gasteiger partial charge in [0.05, 0.1) is 10.4 Å². The first-order valence-corrected chi connectivity index (χ1v) is 10.8. The van der Waals surface area contributed by atoms with Gasteiger partial charge in [-0.25, -0.2) is 4.98 Å². The van der Waals surface area contributed by atoms with Crippen molar-refractivity contribution in [2.24, 2.45) is 0 Å². The highest BCUT2D eigenvalue weighted by molar-refractivity contribution is 7.98. The van der Waals surface area contributed by atoms with Crippen molar-refractivity contribution in [2.75, 3.05) is 12.3 Å². The smallest absolute Gasteiger partial charge is 0.261 e. The minimum atomic E-state index is -0.00583. The van der Waals surface area contributed by atoms with E-state index in [1.165, 1.54) is 16.2 Å². The van der Waals surface area contributed by atoms with Gasteiger partial charge in [-0.2, -0.15) is 11.8 Å². The molecule has 0 saturated carbocycles. The van der Waals surface area contributed by atoms with Crippen molar-refractivity contribution < 1.29 is 4.79 Å². The molecule has 0 aliphatic heterocycles. The average Bonchev–Trinajstić information content (AvgIpc) is 3.28. The van der Waals surface area contributed by atoms with E-state index in [0.29, 0.717) is 6.54 Å². The maximum absolute atomic E-state index is 12.2. The fourth-order valence-electron chi connectivity index (χ4n) is 2.25. The fraction of sp³-hybridized carbons (Fsp3) is 0.200. The number of nitrogens with zero attached hydrogens (tertiary/aromatic N) is 2. The molecule has 4 aromatic heterocycles. The van der Waals surface area contributed by atoms with Crippen molar-refractivity contribution in [3.05, 3.63) is 44.9 Å². The number of rotatable bonds is 6. The molecule has 0 radical (unpaired) electrons. The van der Waals surface area contributed by atoms with Crippen LogP contribution in [0.2, 0.25) is 0 Å². The Labute approximate surface area is 149 Å². The van der Waals surface area contributed by atoms with Gasteiger partial charge in [-0.1, -0.05) is 6.07 Å². The lowest BCUT2D eigenvalue weighted by atomic mass is 10.4. The van der Waals surface area contributed by atoms with E-state index in [1.54, 1.807) is 22.7 Å². The minimum Gasteiger partial charge on any atom is -0.351 e. The van der Waals surface area contributed by atoms with Gasteiger partial charge in [0.15, 0.2) is 4.96 Å². The van der Waals surface area contributed by atoms with Crippen molar-refractivity contribution in [1.29, 1.82) is 0 Å². The summed E-state index contributed by atoms with van der Waals surface area (Å²) in [5, 5.41) is 7.09. The lowest BCUT2D eigenvalue weighted by molar-refractivity contribution is 0.0960. The number of aromatic nitrogens is 2. The second-order valence-electron chi connectivity index (χ2n) is 4.86. The van der Waals surface area contributed by atoms with Gasteiger partial charge >= 0.3 is 0 Å². The van der Waals surface area contributed by atoms with Crippen LogP contribution in [0.15, 0.2) is 35.2 Å². The van der Waals surface area contributed by atoms with Crippen LogP contribution in [0.25, 0.3) is 15.3 Å². The Balaban J connectivity index is 1.32. The summed E-state index contributed by atoms with van der Waals surface area (Å²) in [5.41, 5.74) is 1.02. The van der Waals surface area contributed by atoms with Crippen LogP contribution >= 0.6 is 45.8 Å². The molecule has 0 saturated heterocycles. The summed E-state index contributed by atoms with van der Waals surface area (Å²) in [6.07, 6.45) is 1.99. The van der Waals surface area contributed by atoms with Gasteiger partial charge in [-0.15, -0.1) is 34.0 Å². The van der Waals surface area contributed by atoms with Crippen molar-refractivity contribution in [2.45, 2.75) is 5.75 Å². The maximum atomic E-state index is 12.2. The number of nitrogens with one attached hydrogen (secondary N) is 1. The van der Waals surface area contributed by atoms with Gasteiger partial charge in [0.1, 0.15) is 4.83 Å². The Morgan fingerprint density at radius 3 is 3.17 bits per heavy atom. The van der Waals surface area contributed by atoms with Gasteiger partial charge in [-0.05, 0) is 17.5 Å². The van der Waals surface area contributed by atoms with Crippen LogP contribution in [0, 0.1) is 0 Å². The summed E-state index contributed by atoms with van der Waals surface area (Å²) in [6.45, 7) is 0.686. The Hall–Kier alpha value is -1.35. The summed E-state index contributed by atoms with van der Waals surface area (Å²) in [7, 11) is 0. The van der Waals surface area contributed by atoms with E-state index in [9.17, 15) is 4.79 Å². The molecular formula is C15H13N3OS4. The zero-order valence-corrected chi connectivity index (χ0v) is 15.3. The van der Waals surface area contributed by atoms with E-state index in [0.717, 1.165) is 31.7 Å². The minimum absolute atomic E-state index is 0.00583. The molecule has 4 nitrogen and oxygen atoms in total. The molecule has 0 fully saturated rings. The van der Waals surface area contributed by atoms with Crippen molar-refractivity contribution in [3.8, 4) is 0 Å². The first-order valence-electron chi connectivity index (χ1n) is 7.05. The number of thiophene rings is 2. The highest BCUT2D eigenvalue weighted by Crippen LogP contribution is 2.28. The topological polar surface area (TPSA) is 46.4 Å². The largest absolute Gasteiger partial charge is 0.351 e. The van der Waals surface area contributed by atoms with Crippen LogP contribution in [-0.4, -0.2) is 27.6 Å².